The van der Waals surface area contributed by atoms with Gasteiger partial charge in [-0.2, -0.15) is 13.2 Å². The Hall–Kier alpha value is -2.29. The Bertz CT molecular complexity index is 947. The van der Waals surface area contributed by atoms with E-state index in [1.807, 2.05) is 0 Å². The molecule has 4 bridgehead atoms. The first-order valence-electron chi connectivity index (χ1n) is 11.6. The number of alkyl halides is 3. The van der Waals surface area contributed by atoms with Gasteiger partial charge in [-0.25, -0.2) is 0 Å². The molecule has 0 heterocycles. The van der Waals surface area contributed by atoms with E-state index in [9.17, 15) is 27.6 Å². The van der Waals surface area contributed by atoms with E-state index < -0.39 is 22.7 Å². The predicted molar refractivity (Wildman–Crippen MR) is 121 cm³/mol. The summed E-state index contributed by atoms with van der Waals surface area (Å²) < 4.78 is 39.0. The standard InChI is InChI=1S/C24H29ClF3N3O3/c1-31(13-20(32)30-17-2-3-19(25)18(9-17)24(26,27)28)21(33)4-5-29-22(34)23-10-14-6-15(11-23)8-16(7-14)12-23/h2-3,9,14-16H,4-8,10-13H2,1H3,(H,29,34)(H,30,32). The zero-order valence-corrected chi connectivity index (χ0v) is 19.8. The van der Waals surface area contributed by atoms with E-state index >= 15 is 0 Å². The van der Waals surface area contributed by atoms with Crippen molar-refractivity contribution < 1.29 is 27.6 Å². The Morgan fingerprint density at radius 3 is 2.24 bits per heavy atom. The van der Waals surface area contributed by atoms with Gasteiger partial charge in [0.15, 0.2) is 0 Å². The minimum Gasteiger partial charge on any atom is -0.355 e. The largest absolute Gasteiger partial charge is 0.417 e. The van der Waals surface area contributed by atoms with Crippen molar-refractivity contribution in [3.05, 3.63) is 28.8 Å². The van der Waals surface area contributed by atoms with Crippen molar-refractivity contribution in [2.45, 2.75) is 51.1 Å². The quantitative estimate of drug-likeness (QED) is 0.580. The van der Waals surface area contributed by atoms with Gasteiger partial charge in [0.2, 0.25) is 17.7 Å². The topological polar surface area (TPSA) is 78.5 Å². The van der Waals surface area contributed by atoms with Crippen molar-refractivity contribution in [3.63, 3.8) is 0 Å². The van der Waals surface area contributed by atoms with Gasteiger partial charge in [-0.1, -0.05) is 11.6 Å². The number of benzene rings is 1. The first-order valence-corrected chi connectivity index (χ1v) is 12.0. The van der Waals surface area contributed by atoms with Crippen LogP contribution < -0.4 is 10.6 Å². The molecule has 1 aromatic carbocycles. The average molecular weight is 500 g/mol. The fraction of sp³-hybridized carbons (Fsp3) is 0.625. The molecular weight excluding hydrogens is 471 g/mol. The maximum Gasteiger partial charge on any atom is 0.417 e. The van der Waals surface area contributed by atoms with Gasteiger partial charge in [-0.3, -0.25) is 14.4 Å². The van der Waals surface area contributed by atoms with Crippen molar-refractivity contribution in [2.75, 3.05) is 25.5 Å². The van der Waals surface area contributed by atoms with Crippen LogP contribution in [0.3, 0.4) is 0 Å². The van der Waals surface area contributed by atoms with Gasteiger partial charge < -0.3 is 15.5 Å². The lowest BCUT2D eigenvalue weighted by Crippen LogP contribution is -2.53. The smallest absolute Gasteiger partial charge is 0.355 e. The fourth-order valence-corrected chi connectivity index (χ4v) is 6.60. The van der Waals surface area contributed by atoms with Crippen LogP contribution in [0.2, 0.25) is 5.02 Å². The molecule has 4 saturated carbocycles. The van der Waals surface area contributed by atoms with Crippen LogP contribution in [-0.4, -0.2) is 42.8 Å². The third kappa shape index (κ3) is 5.34. The van der Waals surface area contributed by atoms with Crippen LogP contribution in [0, 0.1) is 23.2 Å². The summed E-state index contributed by atoms with van der Waals surface area (Å²) in [6.45, 7) is -0.136. The Balaban J connectivity index is 1.23. The number of carbonyl (C=O) groups is 3. The number of nitrogens with one attached hydrogen (secondary N) is 2. The molecule has 4 fully saturated rings. The van der Waals surface area contributed by atoms with E-state index in [2.05, 4.69) is 10.6 Å². The number of rotatable bonds is 7. The van der Waals surface area contributed by atoms with Crippen molar-refractivity contribution in [1.29, 1.82) is 0 Å². The Morgan fingerprint density at radius 2 is 1.68 bits per heavy atom. The molecule has 2 N–H and O–H groups in total. The summed E-state index contributed by atoms with van der Waals surface area (Å²) in [6.07, 6.45) is 1.95. The molecule has 4 aliphatic rings. The Labute approximate surface area is 201 Å². The molecule has 10 heteroatoms. The lowest BCUT2D eigenvalue weighted by molar-refractivity contribution is -0.146. The molecular formula is C24H29ClF3N3O3. The van der Waals surface area contributed by atoms with Gasteiger partial charge in [0.05, 0.1) is 17.1 Å². The normalized spacial score (nSPS) is 27.4. The van der Waals surface area contributed by atoms with Gasteiger partial charge in [0, 0.05) is 31.1 Å². The molecule has 0 spiro atoms. The van der Waals surface area contributed by atoms with Crippen LogP contribution >= 0.6 is 11.6 Å². The fourth-order valence-electron chi connectivity index (χ4n) is 6.37. The third-order valence-corrected chi connectivity index (χ3v) is 7.84. The van der Waals surface area contributed by atoms with Crippen LogP contribution in [0.5, 0.6) is 0 Å². The highest BCUT2D eigenvalue weighted by molar-refractivity contribution is 6.31. The van der Waals surface area contributed by atoms with E-state index in [0.717, 1.165) is 31.4 Å². The summed E-state index contributed by atoms with van der Waals surface area (Å²) >= 11 is 5.59. The average Bonchev–Trinajstić information content (AvgIpc) is 2.73. The molecule has 3 amide bonds. The van der Waals surface area contributed by atoms with Crippen LogP contribution in [-0.2, 0) is 20.6 Å². The van der Waals surface area contributed by atoms with Gasteiger partial charge in [-0.05, 0) is 74.5 Å². The number of hydrogen-bond donors (Lipinski definition) is 2. The van der Waals surface area contributed by atoms with Crippen molar-refractivity contribution in [2.24, 2.45) is 23.2 Å². The lowest BCUT2D eigenvalue weighted by atomic mass is 9.49. The molecule has 0 atom stereocenters. The number of hydrogen-bond acceptors (Lipinski definition) is 3. The number of likely N-dealkylation sites (N-methyl/N-ethyl adjacent to an activating group) is 1. The summed E-state index contributed by atoms with van der Waals surface area (Å²) in [5.41, 5.74) is -1.39. The summed E-state index contributed by atoms with van der Waals surface area (Å²) in [7, 11) is 1.44. The number of nitrogens with zero attached hydrogens (tertiary/aromatic N) is 1. The van der Waals surface area contributed by atoms with Crippen LogP contribution in [0.25, 0.3) is 0 Å². The number of carbonyl (C=O) groups excluding carboxylic acids is 3. The lowest BCUT2D eigenvalue weighted by Gasteiger charge is -2.55. The van der Waals surface area contributed by atoms with Crippen LogP contribution in [0.4, 0.5) is 18.9 Å². The van der Waals surface area contributed by atoms with Gasteiger partial charge in [0.25, 0.3) is 0 Å². The SMILES string of the molecule is CN(CC(=O)Nc1ccc(Cl)c(C(F)(F)F)c1)C(=O)CCNC(=O)C12CC3CC(CC(C3)C1)C2. The first kappa shape index (κ1) is 24.8. The Morgan fingerprint density at radius 1 is 1.09 bits per heavy atom. The van der Waals surface area contributed by atoms with E-state index in [1.165, 1.54) is 37.3 Å². The molecule has 0 radical (unpaired) electrons. The molecule has 5 rings (SSSR count). The second-order valence-corrected chi connectivity index (χ2v) is 10.6. The minimum absolute atomic E-state index is 0.0427. The van der Waals surface area contributed by atoms with Crippen LogP contribution in [0.1, 0.15) is 50.5 Å². The van der Waals surface area contributed by atoms with E-state index in [1.54, 1.807) is 0 Å². The molecule has 186 valence electrons. The van der Waals surface area contributed by atoms with Gasteiger partial charge >= 0.3 is 6.18 Å². The second-order valence-electron chi connectivity index (χ2n) is 10.2. The van der Waals surface area contributed by atoms with E-state index in [-0.39, 0.29) is 42.4 Å². The number of halogens is 4. The van der Waals surface area contributed by atoms with E-state index in [0.29, 0.717) is 17.8 Å². The van der Waals surface area contributed by atoms with Crippen molar-refractivity contribution in [3.8, 4) is 0 Å². The summed E-state index contributed by atoms with van der Waals surface area (Å²) in [6, 6.07) is 3.07. The molecule has 0 unspecified atom stereocenters. The van der Waals surface area contributed by atoms with Crippen LogP contribution in [0.15, 0.2) is 18.2 Å². The molecule has 6 nitrogen and oxygen atoms in total. The molecule has 0 saturated heterocycles. The number of amides is 3. The highest BCUT2D eigenvalue weighted by Crippen LogP contribution is 2.60. The molecule has 0 aromatic heterocycles. The number of anilines is 1. The predicted octanol–water partition coefficient (Wildman–Crippen LogP) is 4.48. The molecule has 34 heavy (non-hydrogen) atoms. The minimum atomic E-state index is -4.65. The van der Waals surface area contributed by atoms with Gasteiger partial charge in [-0.15, -0.1) is 0 Å². The Kier molecular flexibility index (Phi) is 6.86. The zero-order chi connectivity index (χ0) is 24.7. The van der Waals surface area contributed by atoms with E-state index in [4.69, 9.17) is 11.6 Å². The summed E-state index contributed by atoms with van der Waals surface area (Å²) in [5.74, 6) is 1.02. The monoisotopic (exact) mass is 499 g/mol. The van der Waals surface area contributed by atoms with Crippen molar-refractivity contribution in [1.82, 2.24) is 10.2 Å². The zero-order valence-electron chi connectivity index (χ0n) is 19.0. The maximum atomic E-state index is 13.0. The first-order chi connectivity index (χ1) is 15.9. The maximum absolute atomic E-state index is 13.0. The highest BCUT2D eigenvalue weighted by atomic mass is 35.5. The molecule has 0 aliphatic heterocycles. The van der Waals surface area contributed by atoms with Crippen molar-refractivity contribution >= 4 is 35.0 Å². The summed E-state index contributed by atoms with van der Waals surface area (Å²) in [4.78, 5) is 38.8. The molecule has 4 aliphatic carbocycles. The van der Waals surface area contributed by atoms with Gasteiger partial charge in [0.1, 0.15) is 0 Å². The summed E-state index contributed by atoms with van der Waals surface area (Å²) in [5, 5.41) is 4.83. The highest BCUT2D eigenvalue weighted by Gasteiger charge is 2.54. The molecule has 1 aromatic rings. The third-order valence-electron chi connectivity index (χ3n) is 7.51. The second kappa shape index (κ2) is 9.40.